The minimum Gasteiger partial charge on any atom is -0.465 e. The predicted octanol–water partition coefficient (Wildman–Crippen LogP) is 2.22. The molecular weight excluding hydrogens is 248 g/mol. The fraction of sp³-hybridized carbons (Fsp3) is 0.231. The van der Waals surface area contributed by atoms with Crippen LogP contribution in [0.2, 0.25) is 0 Å². The molecule has 0 fully saturated rings. The Labute approximate surface area is 110 Å². The van der Waals surface area contributed by atoms with Gasteiger partial charge in [-0.1, -0.05) is 30.3 Å². The molecule has 0 atom stereocenters. The van der Waals surface area contributed by atoms with E-state index in [-0.39, 0.29) is 5.97 Å². The van der Waals surface area contributed by atoms with Crippen LogP contribution in [-0.2, 0) is 17.8 Å². The fourth-order valence-corrected chi connectivity index (χ4v) is 2.30. The summed E-state index contributed by atoms with van der Waals surface area (Å²) in [4.78, 5) is 16.0. The number of hydrogen-bond acceptors (Lipinski definition) is 5. The van der Waals surface area contributed by atoms with Crippen LogP contribution in [-0.4, -0.2) is 18.1 Å². The van der Waals surface area contributed by atoms with E-state index in [9.17, 15) is 4.79 Å². The van der Waals surface area contributed by atoms with Crippen LogP contribution < -0.4 is 5.32 Å². The van der Waals surface area contributed by atoms with Crippen LogP contribution in [0.5, 0.6) is 0 Å². The number of carbonyl (C=O) groups excluding carboxylic acids is 1. The van der Waals surface area contributed by atoms with Crippen LogP contribution in [0.25, 0.3) is 0 Å². The summed E-state index contributed by atoms with van der Waals surface area (Å²) in [6.45, 7) is 1.44. The van der Waals surface area contributed by atoms with Crippen molar-refractivity contribution < 1.29 is 9.53 Å². The van der Waals surface area contributed by atoms with Gasteiger partial charge in [-0.05, 0) is 5.56 Å². The molecule has 1 N–H and O–H groups in total. The number of aromatic nitrogens is 1. The van der Waals surface area contributed by atoms with Crippen molar-refractivity contribution in [2.24, 2.45) is 0 Å². The number of ether oxygens (including phenoxy) is 1. The highest BCUT2D eigenvalue weighted by Crippen LogP contribution is 2.13. The lowest BCUT2D eigenvalue weighted by atomic mass is 10.2. The van der Waals surface area contributed by atoms with Gasteiger partial charge in [0.1, 0.15) is 9.88 Å². The summed E-state index contributed by atoms with van der Waals surface area (Å²) < 4.78 is 4.63. The van der Waals surface area contributed by atoms with E-state index in [1.54, 1.807) is 6.20 Å². The molecule has 2 rings (SSSR count). The molecule has 0 aliphatic rings. The molecule has 0 saturated carbocycles. The van der Waals surface area contributed by atoms with E-state index in [0.717, 1.165) is 11.6 Å². The second-order valence-electron chi connectivity index (χ2n) is 3.70. The van der Waals surface area contributed by atoms with E-state index in [1.807, 2.05) is 18.2 Å². The Morgan fingerprint density at radius 2 is 2.11 bits per heavy atom. The van der Waals surface area contributed by atoms with Gasteiger partial charge in [-0.15, -0.1) is 11.3 Å². The topological polar surface area (TPSA) is 51.2 Å². The molecule has 94 valence electrons. The Morgan fingerprint density at radius 3 is 2.83 bits per heavy atom. The van der Waals surface area contributed by atoms with Crippen LogP contribution >= 0.6 is 11.3 Å². The summed E-state index contributed by atoms with van der Waals surface area (Å²) in [5, 5.41) is 4.16. The predicted molar refractivity (Wildman–Crippen MR) is 70.4 cm³/mol. The molecular formula is C13H14N2O2S. The van der Waals surface area contributed by atoms with Gasteiger partial charge in [0.15, 0.2) is 0 Å². The van der Waals surface area contributed by atoms with E-state index < -0.39 is 0 Å². The van der Waals surface area contributed by atoms with Crippen molar-refractivity contribution in [3.05, 3.63) is 52.0 Å². The lowest BCUT2D eigenvalue weighted by Gasteiger charge is -2.01. The molecule has 0 bridgehead atoms. The standard InChI is InChI=1S/C13H14N2O2S/c1-17-13(16)11-8-15-12(18-11)9-14-7-10-5-3-2-4-6-10/h2-6,8,14H,7,9H2,1H3. The number of hydrogen-bond donors (Lipinski definition) is 1. The van der Waals surface area contributed by atoms with Crippen LogP contribution in [0, 0.1) is 0 Å². The van der Waals surface area contributed by atoms with E-state index in [4.69, 9.17) is 0 Å². The van der Waals surface area contributed by atoms with Gasteiger partial charge in [0.05, 0.1) is 13.3 Å². The van der Waals surface area contributed by atoms with Gasteiger partial charge >= 0.3 is 5.97 Å². The minimum absolute atomic E-state index is 0.332. The zero-order valence-electron chi connectivity index (χ0n) is 10.1. The van der Waals surface area contributed by atoms with Crippen molar-refractivity contribution in [3.63, 3.8) is 0 Å². The first kappa shape index (κ1) is 12.7. The lowest BCUT2D eigenvalue weighted by molar-refractivity contribution is 0.0606. The van der Waals surface area contributed by atoms with Crippen molar-refractivity contribution in [3.8, 4) is 0 Å². The van der Waals surface area contributed by atoms with Crippen molar-refractivity contribution in [1.29, 1.82) is 0 Å². The fourth-order valence-electron chi connectivity index (χ4n) is 1.50. The average Bonchev–Trinajstić information content (AvgIpc) is 2.88. The summed E-state index contributed by atoms with van der Waals surface area (Å²) in [6.07, 6.45) is 1.55. The highest BCUT2D eigenvalue weighted by molar-refractivity contribution is 7.13. The molecule has 0 saturated heterocycles. The summed E-state index contributed by atoms with van der Waals surface area (Å²) in [7, 11) is 1.37. The molecule has 0 radical (unpaired) electrons. The smallest absolute Gasteiger partial charge is 0.349 e. The van der Waals surface area contributed by atoms with Gasteiger partial charge in [0, 0.05) is 13.1 Å². The quantitative estimate of drug-likeness (QED) is 0.839. The molecule has 0 aliphatic heterocycles. The number of nitrogens with one attached hydrogen (secondary N) is 1. The third-order valence-corrected chi connectivity index (χ3v) is 3.37. The van der Waals surface area contributed by atoms with Gasteiger partial charge in [0.2, 0.25) is 0 Å². The summed E-state index contributed by atoms with van der Waals surface area (Å²) in [5.41, 5.74) is 1.22. The maximum Gasteiger partial charge on any atom is 0.349 e. The van der Waals surface area contributed by atoms with Gasteiger partial charge in [0.25, 0.3) is 0 Å². The maximum absolute atomic E-state index is 11.2. The van der Waals surface area contributed by atoms with Gasteiger partial charge in [-0.2, -0.15) is 0 Å². The third kappa shape index (κ3) is 3.38. The highest BCUT2D eigenvalue weighted by Gasteiger charge is 2.09. The monoisotopic (exact) mass is 262 g/mol. The van der Waals surface area contributed by atoms with E-state index in [2.05, 4.69) is 27.2 Å². The van der Waals surface area contributed by atoms with E-state index in [0.29, 0.717) is 11.4 Å². The Bertz CT molecular complexity index is 511. The SMILES string of the molecule is COC(=O)c1cnc(CNCc2ccccc2)s1. The molecule has 1 aromatic carbocycles. The molecule has 1 aromatic heterocycles. The van der Waals surface area contributed by atoms with Gasteiger partial charge in [-0.3, -0.25) is 0 Å². The molecule has 0 amide bonds. The summed E-state index contributed by atoms with van der Waals surface area (Å²) in [5.74, 6) is -0.332. The first-order valence-electron chi connectivity index (χ1n) is 5.57. The summed E-state index contributed by atoms with van der Waals surface area (Å²) in [6, 6.07) is 10.1. The minimum atomic E-state index is -0.332. The normalized spacial score (nSPS) is 10.3. The number of benzene rings is 1. The van der Waals surface area contributed by atoms with Crippen molar-refractivity contribution in [2.75, 3.05) is 7.11 Å². The van der Waals surface area contributed by atoms with Crippen LogP contribution in [0.15, 0.2) is 36.5 Å². The number of esters is 1. The zero-order valence-corrected chi connectivity index (χ0v) is 10.9. The van der Waals surface area contributed by atoms with Gasteiger partial charge < -0.3 is 10.1 Å². The van der Waals surface area contributed by atoms with E-state index >= 15 is 0 Å². The Hall–Kier alpha value is -1.72. The zero-order chi connectivity index (χ0) is 12.8. The Balaban J connectivity index is 1.84. The van der Waals surface area contributed by atoms with Crippen LogP contribution in [0.1, 0.15) is 20.2 Å². The Morgan fingerprint density at radius 1 is 1.33 bits per heavy atom. The van der Waals surface area contributed by atoms with Crippen molar-refractivity contribution in [2.45, 2.75) is 13.1 Å². The van der Waals surface area contributed by atoms with Gasteiger partial charge in [-0.25, -0.2) is 9.78 Å². The molecule has 4 nitrogen and oxygen atoms in total. The molecule has 18 heavy (non-hydrogen) atoms. The number of rotatable bonds is 5. The molecule has 0 aliphatic carbocycles. The number of nitrogens with zero attached hydrogens (tertiary/aromatic N) is 1. The van der Waals surface area contributed by atoms with Crippen LogP contribution in [0.4, 0.5) is 0 Å². The molecule has 5 heteroatoms. The largest absolute Gasteiger partial charge is 0.465 e. The van der Waals surface area contributed by atoms with Crippen molar-refractivity contribution >= 4 is 17.3 Å². The molecule has 2 aromatic rings. The molecule has 0 unspecified atom stereocenters. The average molecular weight is 262 g/mol. The molecule has 1 heterocycles. The number of thiazole rings is 1. The maximum atomic E-state index is 11.2. The van der Waals surface area contributed by atoms with E-state index in [1.165, 1.54) is 24.0 Å². The number of carbonyl (C=O) groups is 1. The third-order valence-electron chi connectivity index (χ3n) is 2.39. The Kier molecular flexibility index (Phi) is 4.44. The van der Waals surface area contributed by atoms with Crippen molar-refractivity contribution in [1.82, 2.24) is 10.3 Å². The first-order chi connectivity index (χ1) is 8.79. The second kappa shape index (κ2) is 6.28. The first-order valence-corrected chi connectivity index (χ1v) is 6.39. The lowest BCUT2D eigenvalue weighted by Crippen LogP contribution is -2.12. The summed E-state index contributed by atoms with van der Waals surface area (Å²) >= 11 is 1.35. The van der Waals surface area contributed by atoms with Crippen LogP contribution in [0.3, 0.4) is 0 Å². The highest BCUT2D eigenvalue weighted by atomic mass is 32.1. The number of methoxy groups -OCH3 is 1. The second-order valence-corrected chi connectivity index (χ2v) is 4.81. The molecule has 0 spiro atoms.